The van der Waals surface area contributed by atoms with Crippen LogP contribution in [0, 0.1) is 0 Å². The third kappa shape index (κ3) is 1.80. The van der Waals surface area contributed by atoms with Crippen molar-refractivity contribution < 1.29 is 4.39 Å². The quantitative estimate of drug-likeness (QED) is 0.671. The van der Waals surface area contributed by atoms with E-state index in [2.05, 4.69) is 0 Å². The van der Waals surface area contributed by atoms with E-state index in [1.165, 1.54) is 35.9 Å². The van der Waals surface area contributed by atoms with Gasteiger partial charge in [-0.1, -0.05) is 6.08 Å². The van der Waals surface area contributed by atoms with Crippen LogP contribution in [0.1, 0.15) is 11.3 Å². The SMILES string of the molecule is Cn1c2c(c(=O)n(C)c1=O)\C=C/C(F)=C\C=C/2. The molecule has 1 heterocycles. The normalized spacial score (nSPS) is 20.8. The second kappa shape index (κ2) is 4.01. The van der Waals surface area contributed by atoms with Gasteiger partial charge in [0.05, 0.1) is 11.3 Å². The standard InChI is InChI=1S/C12H11FN2O2/c1-14-10-5-3-4-8(13)6-7-9(10)11(16)15(2)12(14)17/h3-7H,1-2H3/b4-3?,5-3-,7-6-,8-4+,8-6?,9-7?,10-5?. The van der Waals surface area contributed by atoms with Crippen LogP contribution in [0.2, 0.25) is 0 Å². The summed E-state index contributed by atoms with van der Waals surface area (Å²) in [5, 5.41) is 0. The summed E-state index contributed by atoms with van der Waals surface area (Å²) in [6, 6.07) is 0. The van der Waals surface area contributed by atoms with E-state index >= 15 is 0 Å². The molecule has 0 unspecified atom stereocenters. The maximum Gasteiger partial charge on any atom is 0.330 e. The minimum Gasteiger partial charge on any atom is -0.296 e. The van der Waals surface area contributed by atoms with Gasteiger partial charge in [0.25, 0.3) is 5.56 Å². The Morgan fingerprint density at radius 2 is 1.76 bits per heavy atom. The Morgan fingerprint density at radius 3 is 2.47 bits per heavy atom. The van der Waals surface area contributed by atoms with Crippen LogP contribution in [0.25, 0.3) is 12.2 Å². The van der Waals surface area contributed by atoms with E-state index in [4.69, 9.17) is 0 Å². The van der Waals surface area contributed by atoms with Crippen molar-refractivity contribution in [3.8, 4) is 0 Å². The molecule has 88 valence electrons. The molecule has 0 saturated heterocycles. The van der Waals surface area contributed by atoms with Gasteiger partial charge in [-0.25, -0.2) is 9.18 Å². The summed E-state index contributed by atoms with van der Waals surface area (Å²) in [5.41, 5.74) is -0.0669. The lowest BCUT2D eigenvalue weighted by Crippen LogP contribution is -2.39. The molecule has 0 atom stereocenters. The molecule has 2 rings (SSSR count). The average molecular weight is 234 g/mol. The van der Waals surface area contributed by atoms with Crippen molar-refractivity contribution in [3.05, 3.63) is 56.2 Å². The molecule has 1 aromatic rings. The monoisotopic (exact) mass is 234 g/mol. The Kier molecular flexibility index (Phi) is 2.67. The Bertz CT molecular complexity index is 675. The molecule has 0 spiro atoms. The van der Waals surface area contributed by atoms with Crippen LogP contribution < -0.4 is 11.2 Å². The Balaban J connectivity index is 2.89. The summed E-state index contributed by atoms with van der Waals surface area (Å²) < 4.78 is 15.4. The molecule has 1 aromatic heterocycles. The second-order valence-electron chi connectivity index (χ2n) is 3.75. The van der Waals surface area contributed by atoms with E-state index in [0.29, 0.717) is 11.3 Å². The molecule has 0 saturated carbocycles. The van der Waals surface area contributed by atoms with E-state index in [1.54, 1.807) is 13.1 Å². The summed E-state index contributed by atoms with van der Waals surface area (Å²) in [7, 11) is 2.97. The molecule has 0 amide bonds. The molecule has 1 aliphatic rings. The van der Waals surface area contributed by atoms with Gasteiger partial charge in [-0.05, 0) is 24.3 Å². The van der Waals surface area contributed by atoms with Gasteiger partial charge in [-0.15, -0.1) is 0 Å². The van der Waals surface area contributed by atoms with Gasteiger partial charge in [0, 0.05) is 14.1 Å². The molecule has 1 aliphatic carbocycles. The van der Waals surface area contributed by atoms with Crippen molar-refractivity contribution in [3.63, 3.8) is 0 Å². The van der Waals surface area contributed by atoms with Gasteiger partial charge in [0.15, 0.2) is 0 Å². The number of hydrogen-bond acceptors (Lipinski definition) is 2. The molecule has 0 aliphatic heterocycles. The summed E-state index contributed by atoms with van der Waals surface area (Å²) in [6.45, 7) is 0. The maximum atomic E-state index is 13.1. The van der Waals surface area contributed by atoms with Crippen molar-refractivity contribution in [2.24, 2.45) is 14.1 Å². The van der Waals surface area contributed by atoms with Crippen LogP contribution in [-0.4, -0.2) is 9.13 Å². The van der Waals surface area contributed by atoms with E-state index in [-0.39, 0.29) is 0 Å². The first-order chi connectivity index (χ1) is 8.02. The smallest absolute Gasteiger partial charge is 0.296 e. The van der Waals surface area contributed by atoms with Crippen LogP contribution in [-0.2, 0) is 14.1 Å². The number of aromatic nitrogens is 2. The van der Waals surface area contributed by atoms with Gasteiger partial charge < -0.3 is 0 Å². The molecule has 0 N–H and O–H groups in total. The molecular formula is C12H11FN2O2. The molecule has 0 fully saturated rings. The molecule has 17 heavy (non-hydrogen) atoms. The first-order valence-electron chi connectivity index (χ1n) is 5.04. The predicted octanol–water partition coefficient (Wildman–Crippen LogP) is 0.977. The van der Waals surface area contributed by atoms with E-state index in [1.807, 2.05) is 0 Å². The van der Waals surface area contributed by atoms with Crippen molar-refractivity contribution >= 4 is 12.2 Å². The lowest BCUT2D eigenvalue weighted by atomic mass is 10.1. The average Bonchev–Trinajstić information content (AvgIpc) is 2.29. The third-order valence-corrected chi connectivity index (χ3v) is 2.66. The fraction of sp³-hybridized carbons (Fsp3) is 0.167. The number of fused-ring (bicyclic) bond motifs is 1. The van der Waals surface area contributed by atoms with E-state index in [0.717, 1.165) is 4.57 Å². The molecule has 5 heteroatoms. The van der Waals surface area contributed by atoms with Crippen molar-refractivity contribution in [1.29, 1.82) is 0 Å². The van der Waals surface area contributed by atoms with Crippen LogP contribution in [0.3, 0.4) is 0 Å². The summed E-state index contributed by atoms with van der Waals surface area (Å²) >= 11 is 0. The highest BCUT2D eigenvalue weighted by Crippen LogP contribution is 2.12. The van der Waals surface area contributed by atoms with Crippen LogP contribution in [0.5, 0.6) is 0 Å². The Labute approximate surface area is 96.6 Å². The van der Waals surface area contributed by atoms with E-state index in [9.17, 15) is 14.0 Å². The first-order valence-corrected chi connectivity index (χ1v) is 5.04. The molecule has 0 bridgehead atoms. The highest BCUT2D eigenvalue weighted by molar-refractivity contribution is 5.65. The van der Waals surface area contributed by atoms with Gasteiger partial charge in [-0.3, -0.25) is 13.9 Å². The zero-order valence-electron chi connectivity index (χ0n) is 9.48. The Hall–Kier alpha value is -2.17. The lowest BCUT2D eigenvalue weighted by Gasteiger charge is -2.10. The summed E-state index contributed by atoms with van der Waals surface area (Å²) in [4.78, 5) is 23.6. The third-order valence-electron chi connectivity index (χ3n) is 2.66. The Morgan fingerprint density at radius 1 is 1.06 bits per heavy atom. The number of rotatable bonds is 0. The highest BCUT2D eigenvalue weighted by atomic mass is 19.1. The van der Waals surface area contributed by atoms with Crippen molar-refractivity contribution in [2.45, 2.75) is 0 Å². The topological polar surface area (TPSA) is 44.0 Å². The maximum absolute atomic E-state index is 13.1. The number of hydrogen-bond donors (Lipinski definition) is 0. The minimum atomic E-state index is -0.442. The highest BCUT2D eigenvalue weighted by Gasteiger charge is 2.11. The van der Waals surface area contributed by atoms with Gasteiger partial charge >= 0.3 is 5.69 Å². The van der Waals surface area contributed by atoms with Crippen LogP contribution in [0.4, 0.5) is 4.39 Å². The molecule has 0 aromatic carbocycles. The molecule has 0 radical (unpaired) electrons. The van der Waals surface area contributed by atoms with Gasteiger partial charge in [0.2, 0.25) is 0 Å². The fourth-order valence-corrected chi connectivity index (χ4v) is 1.69. The minimum absolute atomic E-state index is 0.300. The van der Waals surface area contributed by atoms with Gasteiger partial charge in [-0.2, -0.15) is 0 Å². The summed E-state index contributed by atoms with van der Waals surface area (Å²) in [5.74, 6) is -0.442. The van der Waals surface area contributed by atoms with Gasteiger partial charge in [0.1, 0.15) is 5.83 Å². The molecule has 4 nitrogen and oxygen atoms in total. The van der Waals surface area contributed by atoms with Crippen molar-refractivity contribution in [2.75, 3.05) is 0 Å². The zero-order valence-corrected chi connectivity index (χ0v) is 9.48. The zero-order chi connectivity index (χ0) is 12.6. The lowest BCUT2D eigenvalue weighted by molar-refractivity contribution is 0.665. The summed E-state index contributed by atoms with van der Waals surface area (Å²) in [6.07, 6.45) is 6.86. The van der Waals surface area contributed by atoms with Crippen LogP contribution >= 0.6 is 0 Å². The van der Waals surface area contributed by atoms with Crippen molar-refractivity contribution in [1.82, 2.24) is 9.13 Å². The number of halogens is 1. The van der Waals surface area contributed by atoms with Crippen LogP contribution in [0.15, 0.2) is 33.6 Å². The first kappa shape index (κ1) is 11.3. The second-order valence-corrected chi connectivity index (χ2v) is 3.75. The fourth-order valence-electron chi connectivity index (χ4n) is 1.69. The molecular weight excluding hydrogens is 223 g/mol. The predicted molar refractivity (Wildman–Crippen MR) is 64.2 cm³/mol. The largest absolute Gasteiger partial charge is 0.330 e. The number of nitrogens with zero attached hydrogens (tertiary/aromatic N) is 2. The van der Waals surface area contributed by atoms with E-state index < -0.39 is 17.1 Å². The number of allylic oxidation sites excluding steroid dienone is 4.